The van der Waals surface area contributed by atoms with E-state index in [1.807, 2.05) is 0 Å². The van der Waals surface area contributed by atoms with Gasteiger partial charge in [-0.05, 0) is 135 Å². The summed E-state index contributed by atoms with van der Waals surface area (Å²) in [6, 6.07) is 57.1. The van der Waals surface area contributed by atoms with Crippen LogP contribution >= 0.6 is 0 Å². The van der Waals surface area contributed by atoms with Gasteiger partial charge in [0.1, 0.15) is 0 Å². The van der Waals surface area contributed by atoms with E-state index in [0.717, 1.165) is 19.3 Å². The average Bonchev–Trinajstić information content (AvgIpc) is 3.22. The van der Waals surface area contributed by atoms with Gasteiger partial charge in [0.15, 0.2) is 0 Å². The van der Waals surface area contributed by atoms with Gasteiger partial charge in [-0.15, -0.1) is 0 Å². The number of benzene rings is 9. The van der Waals surface area contributed by atoms with E-state index in [1.54, 1.807) is 0 Å². The third kappa shape index (κ3) is 4.54. The molecule has 0 nitrogen and oxygen atoms in total. The fourth-order valence-electron chi connectivity index (χ4n) is 9.34. The second-order valence-corrected chi connectivity index (χ2v) is 14.7. The van der Waals surface area contributed by atoms with Crippen LogP contribution in [-0.4, -0.2) is 0 Å². The highest BCUT2D eigenvalue weighted by atomic mass is 14.3. The third-order valence-corrected chi connectivity index (χ3v) is 11.8. The molecule has 0 heteroatoms. The second-order valence-electron chi connectivity index (χ2n) is 14.7. The van der Waals surface area contributed by atoms with Gasteiger partial charge >= 0.3 is 0 Å². The highest BCUT2D eigenvalue weighted by Crippen LogP contribution is 2.51. The van der Waals surface area contributed by atoms with Gasteiger partial charge in [0.25, 0.3) is 0 Å². The van der Waals surface area contributed by atoms with Crippen molar-refractivity contribution in [2.24, 2.45) is 0 Å². The van der Waals surface area contributed by atoms with Crippen molar-refractivity contribution in [2.75, 3.05) is 0 Å². The summed E-state index contributed by atoms with van der Waals surface area (Å²) in [5, 5.41) is 13.0. The summed E-state index contributed by atoms with van der Waals surface area (Å²) < 4.78 is 0. The second kappa shape index (κ2) is 11.7. The summed E-state index contributed by atoms with van der Waals surface area (Å²) in [5.41, 5.74) is 12.3. The van der Waals surface area contributed by atoms with Gasteiger partial charge in [0.2, 0.25) is 0 Å². The van der Waals surface area contributed by atoms with E-state index in [2.05, 4.69) is 176 Å². The first kappa shape index (κ1) is 29.5. The Morgan fingerprint density at radius 1 is 0.462 bits per heavy atom. The Morgan fingerprint density at radius 3 is 1.71 bits per heavy atom. The highest BCUT2D eigenvalue weighted by molar-refractivity contribution is 6.33. The molecule has 244 valence electrons. The SMILES string of the molecule is C1=Cc2cc(C3C=Cc4c(c(-c5ccc6ccccc6c5)c5c6ccccc6c6ccccc6c5c4-c4ccc5ccccc5c4)C3)ccc2CC1. The molecule has 0 spiro atoms. The van der Waals surface area contributed by atoms with Crippen LogP contribution in [0.25, 0.3) is 88.3 Å². The number of fused-ring (bicyclic) bond motifs is 10. The lowest BCUT2D eigenvalue weighted by molar-refractivity contribution is 0.827. The lowest BCUT2D eigenvalue weighted by Crippen LogP contribution is -2.10. The van der Waals surface area contributed by atoms with E-state index in [4.69, 9.17) is 0 Å². The number of aryl methyl sites for hydroxylation is 1. The van der Waals surface area contributed by atoms with E-state index >= 15 is 0 Å². The zero-order valence-corrected chi connectivity index (χ0v) is 28.9. The molecule has 1 unspecified atom stereocenters. The van der Waals surface area contributed by atoms with Crippen LogP contribution in [0.4, 0.5) is 0 Å². The molecule has 0 N–H and O–H groups in total. The van der Waals surface area contributed by atoms with Gasteiger partial charge in [-0.2, -0.15) is 0 Å². The molecule has 0 saturated heterocycles. The maximum atomic E-state index is 2.49. The van der Waals surface area contributed by atoms with Crippen molar-refractivity contribution in [1.29, 1.82) is 0 Å². The van der Waals surface area contributed by atoms with Gasteiger partial charge in [-0.3, -0.25) is 0 Å². The van der Waals surface area contributed by atoms with E-state index in [1.165, 1.54) is 104 Å². The molecule has 0 saturated carbocycles. The standard InChI is InChI=1S/C52H36/c1-4-14-36-29-39(24-21-33(36)11-1)40-27-28-47-48(32-40)50(42-26-23-35-13-3-6-16-38(35)31-42)52-46-20-10-8-18-44(46)43-17-7-9-19-45(43)51(52)49(47)41-25-22-34-12-2-5-15-37(34)30-41/h2-10,12-31,40H,1,11,32H2. The summed E-state index contributed by atoms with van der Waals surface area (Å²) in [4.78, 5) is 0. The first-order valence-corrected chi connectivity index (χ1v) is 18.7. The molecule has 2 aliphatic carbocycles. The van der Waals surface area contributed by atoms with Crippen molar-refractivity contribution >= 4 is 66.0 Å². The molecule has 0 radical (unpaired) electrons. The van der Waals surface area contributed by atoms with Crippen LogP contribution in [0.2, 0.25) is 0 Å². The van der Waals surface area contributed by atoms with Gasteiger partial charge in [-0.25, -0.2) is 0 Å². The third-order valence-electron chi connectivity index (χ3n) is 11.8. The van der Waals surface area contributed by atoms with E-state index in [9.17, 15) is 0 Å². The zero-order valence-electron chi connectivity index (χ0n) is 28.9. The lowest BCUT2D eigenvalue weighted by atomic mass is 9.74. The largest absolute Gasteiger partial charge is 0.0836 e. The van der Waals surface area contributed by atoms with Gasteiger partial charge < -0.3 is 0 Å². The predicted molar refractivity (Wildman–Crippen MR) is 224 cm³/mol. The maximum absolute atomic E-state index is 2.49. The fourth-order valence-corrected chi connectivity index (χ4v) is 9.34. The van der Waals surface area contributed by atoms with Gasteiger partial charge in [0, 0.05) is 5.92 Å². The Morgan fingerprint density at radius 2 is 1.04 bits per heavy atom. The van der Waals surface area contributed by atoms with Gasteiger partial charge in [0.05, 0.1) is 0 Å². The Labute approximate surface area is 304 Å². The lowest BCUT2D eigenvalue weighted by Gasteiger charge is -2.29. The minimum absolute atomic E-state index is 0.279. The first-order valence-electron chi connectivity index (χ1n) is 18.7. The Bertz CT molecular complexity index is 2990. The van der Waals surface area contributed by atoms with Crippen molar-refractivity contribution < 1.29 is 0 Å². The van der Waals surface area contributed by atoms with Crippen LogP contribution in [0, 0.1) is 0 Å². The quantitative estimate of drug-likeness (QED) is 0.165. The summed E-state index contributed by atoms with van der Waals surface area (Å²) >= 11 is 0. The van der Waals surface area contributed by atoms with Crippen LogP contribution in [0.1, 0.15) is 40.2 Å². The summed E-state index contributed by atoms with van der Waals surface area (Å²) in [7, 11) is 0. The van der Waals surface area contributed by atoms with E-state index in [0.29, 0.717) is 0 Å². The molecule has 0 heterocycles. The van der Waals surface area contributed by atoms with E-state index in [-0.39, 0.29) is 5.92 Å². The van der Waals surface area contributed by atoms with Crippen LogP contribution in [-0.2, 0) is 12.8 Å². The predicted octanol–water partition coefficient (Wildman–Crippen LogP) is 14.1. The fraction of sp³-hybridized carbons (Fsp3) is 0.0769. The zero-order chi connectivity index (χ0) is 34.2. The van der Waals surface area contributed by atoms with Crippen LogP contribution < -0.4 is 0 Å². The van der Waals surface area contributed by atoms with Crippen molar-refractivity contribution in [3.63, 3.8) is 0 Å². The van der Waals surface area contributed by atoms with Crippen molar-refractivity contribution in [1.82, 2.24) is 0 Å². The Kier molecular flexibility index (Phi) is 6.61. The highest BCUT2D eigenvalue weighted by Gasteiger charge is 2.28. The maximum Gasteiger partial charge on any atom is 0.00623 e. The van der Waals surface area contributed by atoms with Crippen molar-refractivity contribution in [3.05, 3.63) is 192 Å². The van der Waals surface area contributed by atoms with Crippen molar-refractivity contribution in [2.45, 2.75) is 25.2 Å². The molecule has 11 rings (SSSR count). The Balaban J connectivity index is 1.30. The topological polar surface area (TPSA) is 0 Å². The number of hydrogen-bond acceptors (Lipinski definition) is 0. The van der Waals surface area contributed by atoms with Gasteiger partial charge in [-0.1, -0.05) is 164 Å². The molecule has 0 amide bonds. The summed E-state index contributed by atoms with van der Waals surface area (Å²) in [5.74, 6) is 0.279. The molecular weight excluding hydrogens is 625 g/mol. The van der Waals surface area contributed by atoms with Crippen LogP contribution in [0.15, 0.2) is 164 Å². The first-order chi connectivity index (χ1) is 25.8. The molecule has 52 heavy (non-hydrogen) atoms. The number of allylic oxidation sites excluding steroid dienone is 2. The molecule has 9 aromatic rings. The molecule has 0 aromatic heterocycles. The molecule has 0 fully saturated rings. The molecule has 1 atom stereocenters. The van der Waals surface area contributed by atoms with E-state index < -0.39 is 0 Å². The monoisotopic (exact) mass is 660 g/mol. The molecule has 0 bridgehead atoms. The summed E-state index contributed by atoms with van der Waals surface area (Å²) in [6.07, 6.45) is 12.8. The minimum Gasteiger partial charge on any atom is -0.0836 e. The number of hydrogen-bond donors (Lipinski definition) is 0. The minimum atomic E-state index is 0.279. The summed E-state index contributed by atoms with van der Waals surface area (Å²) in [6.45, 7) is 0. The number of rotatable bonds is 3. The Hall–Kier alpha value is -6.24. The molecular formula is C52H36. The molecule has 2 aliphatic rings. The van der Waals surface area contributed by atoms with Crippen molar-refractivity contribution in [3.8, 4) is 22.3 Å². The molecule has 9 aromatic carbocycles. The average molecular weight is 661 g/mol. The van der Waals surface area contributed by atoms with Crippen LogP contribution in [0.3, 0.4) is 0 Å². The normalized spacial score (nSPS) is 15.1. The molecule has 0 aliphatic heterocycles. The van der Waals surface area contributed by atoms with Crippen LogP contribution in [0.5, 0.6) is 0 Å². The smallest absolute Gasteiger partial charge is 0.00623 e.